The molecule has 1 heterocycles. The molecule has 0 saturated carbocycles. The Balaban J connectivity index is 0.00000441. The maximum Gasteiger partial charge on any atom is 0.191 e. The average molecular weight is 445 g/mol. The number of ether oxygens (including phenoxy) is 2. The number of nitrogens with zero attached hydrogens (tertiary/aromatic N) is 1. The topological polar surface area (TPSA) is 54.9 Å². The fourth-order valence-electron chi connectivity index (χ4n) is 2.12. The number of methoxy groups -OCH3 is 1. The molecular weight excluding hydrogens is 413 g/mol. The first-order chi connectivity index (χ1) is 9.97. The van der Waals surface area contributed by atoms with Crippen LogP contribution in [0.15, 0.2) is 4.99 Å². The van der Waals surface area contributed by atoms with Crippen LogP contribution in [0.5, 0.6) is 0 Å². The summed E-state index contributed by atoms with van der Waals surface area (Å²) in [4.78, 5) is 4.63. The molecule has 22 heavy (non-hydrogen) atoms. The van der Waals surface area contributed by atoms with Crippen molar-refractivity contribution in [2.75, 3.05) is 46.2 Å². The van der Waals surface area contributed by atoms with E-state index in [9.17, 15) is 0 Å². The van der Waals surface area contributed by atoms with E-state index in [4.69, 9.17) is 9.47 Å². The highest BCUT2D eigenvalue weighted by Gasteiger charge is 2.31. The van der Waals surface area contributed by atoms with Gasteiger partial charge in [-0.3, -0.25) is 4.99 Å². The zero-order valence-electron chi connectivity index (χ0n) is 14.5. The van der Waals surface area contributed by atoms with E-state index in [2.05, 4.69) is 28.8 Å². The van der Waals surface area contributed by atoms with Crippen molar-refractivity contribution in [3.8, 4) is 0 Å². The first kappa shape index (κ1) is 22.3. The predicted octanol–water partition coefficient (Wildman–Crippen LogP) is 2.50. The molecule has 132 valence electrons. The molecular formula is C15H32IN3O2S. The molecule has 1 aliphatic heterocycles. The molecule has 7 heteroatoms. The van der Waals surface area contributed by atoms with Crippen LogP contribution in [0.1, 0.15) is 33.6 Å². The third-order valence-electron chi connectivity index (χ3n) is 3.93. The number of nitrogens with one attached hydrogen (secondary N) is 2. The van der Waals surface area contributed by atoms with Gasteiger partial charge in [-0.2, -0.15) is 11.8 Å². The Morgan fingerprint density at radius 2 is 1.95 bits per heavy atom. The van der Waals surface area contributed by atoms with Crippen molar-refractivity contribution in [3.05, 3.63) is 0 Å². The summed E-state index contributed by atoms with van der Waals surface area (Å²) >= 11 is 1.93. The molecule has 2 N–H and O–H groups in total. The van der Waals surface area contributed by atoms with Crippen LogP contribution < -0.4 is 10.6 Å². The van der Waals surface area contributed by atoms with E-state index >= 15 is 0 Å². The summed E-state index contributed by atoms with van der Waals surface area (Å²) in [5, 5.41) is 6.79. The highest BCUT2D eigenvalue weighted by atomic mass is 127. The van der Waals surface area contributed by atoms with Gasteiger partial charge in [-0.05, 0) is 39.9 Å². The highest BCUT2D eigenvalue weighted by molar-refractivity contribution is 14.0. The normalized spacial score (nSPS) is 18.5. The van der Waals surface area contributed by atoms with Crippen molar-refractivity contribution in [3.63, 3.8) is 0 Å². The van der Waals surface area contributed by atoms with Crippen LogP contribution in [-0.2, 0) is 9.47 Å². The molecule has 1 aliphatic rings. The lowest BCUT2D eigenvalue weighted by atomic mass is 9.99. The van der Waals surface area contributed by atoms with E-state index in [0.717, 1.165) is 45.1 Å². The molecule has 0 aliphatic carbocycles. The number of guanidine groups is 1. The van der Waals surface area contributed by atoms with Crippen molar-refractivity contribution in [1.29, 1.82) is 0 Å². The van der Waals surface area contributed by atoms with Gasteiger partial charge in [0.1, 0.15) is 0 Å². The minimum Gasteiger partial charge on any atom is -0.381 e. The van der Waals surface area contributed by atoms with Gasteiger partial charge in [0.05, 0.1) is 12.1 Å². The van der Waals surface area contributed by atoms with Crippen molar-refractivity contribution in [1.82, 2.24) is 10.6 Å². The van der Waals surface area contributed by atoms with Crippen LogP contribution in [0.2, 0.25) is 0 Å². The number of rotatable bonds is 7. The van der Waals surface area contributed by atoms with Crippen LogP contribution in [0.3, 0.4) is 0 Å². The third-order valence-corrected chi connectivity index (χ3v) is 5.35. The summed E-state index contributed by atoms with van der Waals surface area (Å²) in [6.07, 6.45) is 4.36. The predicted molar refractivity (Wildman–Crippen MR) is 107 cm³/mol. The fraction of sp³-hybridized carbons (Fsp3) is 0.933. The average Bonchev–Trinajstić information content (AvgIpc) is 2.51. The summed E-state index contributed by atoms with van der Waals surface area (Å²) in [5.41, 5.74) is -0.238. The highest BCUT2D eigenvalue weighted by Crippen LogP contribution is 2.32. The van der Waals surface area contributed by atoms with Gasteiger partial charge in [0.2, 0.25) is 0 Å². The Hall–Kier alpha value is 0.270. The minimum atomic E-state index is -0.238. The third kappa shape index (κ3) is 7.70. The largest absolute Gasteiger partial charge is 0.381 e. The molecule has 0 aromatic heterocycles. The van der Waals surface area contributed by atoms with E-state index < -0.39 is 0 Å². The van der Waals surface area contributed by atoms with Gasteiger partial charge in [0, 0.05) is 38.2 Å². The Bertz CT molecular complexity index is 335. The maximum atomic E-state index is 5.48. The summed E-state index contributed by atoms with van der Waals surface area (Å²) in [7, 11) is 1.72. The number of aliphatic imine (C=N–C) groups is 1. The van der Waals surface area contributed by atoms with Crippen LogP contribution in [0, 0.1) is 0 Å². The fourth-order valence-corrected chi connectivity index (χ4v) is 2.91. The van der Waals surface area contributed by atoms with Gasteiger partial charge in [0.15, 0.2) is 5.96 Å². The lowest BCUT2D eigenvalue weighted by Gasteiger charge is -2.36. The SMILES string of the molecule is CCNC(=NCC(C)(C)OC)NCC1(SC)CCOCC1.I. The maximum absolute atomic E-state index is 5.48. The van der Waals surface area contributed by atoms with Crippen LogP contribution >= 0.6 is 35.7 Å². The molecule has 5 nitrogen and oxygen atoms in total. The van der Waals surface area contributed by atoms with Gasteiger partial charge in [0.25, 0.3) is 0 Å². The van der Waals surface area contributed by atoms with E-state index in [-0.39, 0.29) is 34.3 Å². The Labute approximate surface area is 156 Å². The molecule has 0 bridgehead atoms. The summed E-state index contributed by atoms with van der Waals surface area (Å²) < 4.78 is 11.2. The van der Waals surface area contributed by atoms with Crippen molar-refractivity contribution < 1.29 is 9.47 Å². The minimum absolute atomic E-state index is 0. The molecule has 0 aromatic rings. The van der Waals surface area contributed by atoms with Gasteiger partial charge in [-0.1, -0.05) is 0 Å². The van der Waals surface area contributed by atoms with Gasteiger partial charge >= 0.3 is 0 Å². The van der Waals surface area contributed by atoms with Gasteiger partial charge in [-0.25, -0.2) is 0 Å². The number of hydrogen-bond donors (Lipinski definition) is 2. The second kappa shape index (κ2) is 10.9. The zero-order chi connectivity index (χ0) is 15.8. The second-order valence-electron chi connectivity index (χ2n) is 6.01. The lowest BCUT2D eigenvalue weighted by molar-refractivity contribution is 0.0310. The zero-order valence-corrected chi connectivity index (χ0v) is 17.7. The lowest BCUT2D eigenvalue weighted by Crippen LogP contribution is -2.48. The van der Waals surface area contributed by atoms with E-state index in [1.807, 2.05) is 25.6 Å². The van der Waals surface area contributed by atoms with Crippen LogP contribution in [-0.4, -0.2) is 62.5 Å². The van der Waals surface area contributed by atoms with E-state index in [0.29, 0.717) is 6.54 Å². The summed E-state index contributed by atoms with van der Waals surface area (Å²) in [6, 6.07) is 0. The quantitative estimate of drug-likeness (QED) is 0.358. The molecule has 0 atom stereocenters. The van der Waals surface area contributed by atoms with Gasteiger partial charge in [-0.15, -0.1) is 24.0 Å². The Kier molecular flexibility index (Phi) is 11.1. The molecule has 1 saturated heterocycles. The van der Waals surface area contributed by atoms with E-state index in [1.54, 1.807) is 7.11 Å². The Morgan fingerprint density at radius 1 is 1.32 bits per heavy atom. The molecule has 1 fully saturated rings. The molecule has 0 amide bonds. The first-order valence-electron chi connectivity index (χ1n) is 7.67. The molecule has 0 aromatic carbocycles. The number of hydrogen-bond acceptors (Lipinski definition) is 4. The van der Waals surface area contributed by atoms with Crippen LogP contribution in [0.25, 0.3) is 0 Å². The molecule has 1 rings (SSSR count). The van der Waals surface area contributed by atoms with E-state index in [1.165, 1.54) is 0 Å². The standard InChI is InChI=1S/C15H31N3O2S.HI/c1-6-16-13(17-11-14(2,3)19-4)18-12-15(21-5)7-9-20-10-8-15;/h6-12H2,1-5H3,(H2,16,17,18);1H. The van der Waals surface area contributed by atoms with Crippen molar-refractivity contribution in [2.24, 2.45) is 4.99 Å². The van der Waals surface area contributed by atoms with Gasteiger partial charge < -0.3 is 20.1 Å². The van der Waals surface area contributed by atoms with Crippen molar-refractivity contribution in [2.45, 2.75) is 44.0 Å². The summed E-state index contributed by atoms with van der Waals surface area (Å²) in [5.74, 6) is 0.863. The Morgan fingerprint density at radius 3 is 2.45 bits per heavy atom. The van der Waals surface area contributed by atoms with Crippen LogP contribution in [0.4, 0.5) is 0 Å². The molecule has 0 unspecified atom stereocenters. The molecule has 0 radical (unpaired) electrons. The number of thioether (sulfide) groups is 1. The second-order valence-corrected chi connectivity index (χ2v) is 7.29. The van der Waals surface area contributed by atoms with Crippen molar-refractivity contribution >= 4 is 41.7 Å². The first-order valence-corrected chi connectivity index (χ1v) is 8.90. The smallest absolute Gasteiger partial charge is 0.191 e. The number of halogens is 1. The molecule has 0 spiro atoms. The summed E-state index contributed by atoms with van der Waals surface area (Å²) in [6.45, 7) is 10.3. The monoisotopic (exact) mass is 445 g/mol.